The molecule has 3 rings (SSSR count). The number of piperazine rings is 1. The Morgan fingerprint density at radius 2 is 1.61 bits per heavy atom. The summed E-state index contributed by atoms with van der Waals surface area (Å²) in [4.78, 5) is 30.6. The first-order valence-electron chi connectivity index (χ1n) is 10.1. The third-order valence-corrected chi connectivity index (χ3v) is 5.58. The van der Waals surface area contributed by atoms with E-state index in [0.29, 0.717) is 45.0 Å². The molecule has 2 fully saturated rings. The molecule has 0 spiro atoms. The van der Waals surface area contributed by atoms with Crippen LogP contribution in [0.3, 0.4) is 0 Å². The van der Waals surface area contributed by atoms with Crippen molar-refractivity contribution in [1.82, 2.24) is 9.80 Å². The molecule has 150 valence electrons. The smallest absolute Gasteiger partial charge is 0.240 e. The summed E-state index contributed by atoms with van der Waals surface area (Å²) in [6.07, 6.45) is 4.15. The zero-order valence-electron chi connectivity index (χ0n) is 16.1. The fraction of sp³-hybridized carbons (Fsp3) is 0.571. The van der Waals surface area contributed by atoms with Gasteiger partial charge in [0.05, 0.1) is 18.2 Å². The maximum atomic E-state index is 14.0. The highest BCUT2D eigenvalue weighted by molar-refractivity contribution is 5.88. The van der Waals surface area contributed by atoms with Crippen LogP contribution in [0.15, 0.2) is 24.3 Å². The number of benzene rings is 1. The van der Waals surface area contributed by atoms with Crippen molar-refractivity contribution in [2.75, 3.05) is 44.2 Å². The molecule has 0 aromatic heterocycles. The number of para-hydroxylation sites is 1. The van der Waals surface area contributed by atoms with Crippen LogP contribution in [0.25, 0.3) is 0 Å². The van der Waals surface area contributed by atoms with Gasteiger partial charge < -0.3 is 14.7 Å². The summed E-state index contributed by atoms with van der Waals surface area (Å²) in [5, 5.41) is 9.47. The van der Waals surface area contributed by atoms with Crippen LogP contribution in [0.4, 0.5) is 10.1 Å². The molecule has 2 heterocycles. The standard InChI is InChI=1S/C21H27FN4O2/c22-18-7-3-4-8-19(18)24-11-13-26(14-12-24)21(28)17(16-23)15-20(27)25-9-5-1-2-6-10-25/h3-4,7-8,17H,1-2,5-6,9-15H2/t17-/m0/s1. The van der Waals surface area contributed by atoms with Crippen LogP contribution in [0.1, 0.15) is 32.1 Å². The Hall–Kier alpha value is -2.62. The molecular weight excluding hydrogens is 359 g/mol. The monoisotopic (exact) mass is 386 g/mol. The first-order chi connectivity index (χ1) is 13.6. The molecule has 1 atom stereocenters. The number of carbonyl (C=O) groups is 2. The summed E-state index contributed by atoms with van der Waals surface area (Å²) < 4.78 is 14.0. The van der Waals surface area contributed by atoms with E-state index in [4.69, 9.17) is 0 Å². The number of hydrogen-bond acceptors (Lipinski definition) is 4. The van der Waals surface area contributed by atoms with Crippen LogP contribution in [-0.4, -0.2) is 60.9 Å². The number of carbonyl (C=O) groups excluding carboxylic acids is 2. The van der Waals surface area contributed by atoms with Gasteiger partial charge in [-0.1, -0.05) is 25.0 Å². The van der Waals surface area contributed by atoms with Crippen LogP contribution in [0, 0.1) is 23.1 Å². The first kappa shape index (κ1) is 20.1. The van der Waals surface area contributed by atoms with Crippen LogP contribution in [0.2, 0.25) is 0 Å². The van der Waals surface area contributed by atoms with E-state index in [9.17, 15) is 19.2 Å². The summed E-state index contributed by atoms with van der Waals surface area (Å²) in [5.74, 6) is -1.62. The Labute approximate surface area is 165 Å². The Morgan fingerprint density at radius 3 is 2.21 bits per heavy atom. The fourth-order valence-corrected chi connectivity index (χ4v) is 3.91. The lowest BCUT2D eigenvalue weighted by atomic mass is 10.0. The molecule has 2 amide bonds. The molecule has 2 saturated heterocycles. The van der Waals surface area contributed by atoms with Crippen molar-refractivity contribution in [3.63, 3.8) is 0 Å². The topological polar surface area (TPSA) is 67.6 Å². The average Bonchev–Trinajstić information content (AvgIpc) is 3.01. The second-order valence-electron chi connectivity index (χ2n) is 7.44. The minimum atomic E-state index is -0.948. The summed E-state index contributed by atoms with van der Waals surface area (Å²) in [7, 11) is 0. The number of anilines is 1. The molecule has 2 aliphatic heterocycles. The van der Waals surface area contributed by atoms with Crippen molar-refractivity contribution < 1.29 is 14.0 Å². The lowest BCUT2D eigenvalue weighted by Crippen LogP contribution is -2.51. The van der Waals surface area contributed by atoms with Gasteiger partial charge in [-0.05, 0) is 25.0 Å². The van der Waals surface area contributed by atoms with Crippen molar-refractivity contribution in [1.29, 1.82) is 5.26 Å². The highest BCUT2D eigenvalue weighted by Gasteiger charge is 2.31. The average molecular weight is 386 g/mol. The molecule has 28 heavy (non-hydrogen) atoms. The number of likely N-dealkylation sites (tertiary alicyclic amines) is 1. The predicted molar refractivity (Wildman–Crippen MR) is 104 cm³/mol. The van der Waals surface area contributed by atoms with E-state index in [0.717, 1.165) is 25.7 Å². The van der Waals surface area contributed by atoms with Gasteiger partial charge in [-0.2, -0.15) is 5.26 Å². The van der Waals surface area contributed by atoms with Gasteiger partial charge in [0.15, 0.2) is 0 Å². The number of rotatable bonds is 4. The fourth-order valence-electron chi connectivity index (χ4n) is 3.91. The van der Waals surface area contributed by atoms with Crippen LogP contribution in [0.5, 0.6) is 0 Å². The number of amides is 2. The van der Waals surface area contributed by atoms with Gasteiger partial charge in [0.25, 0.3) is 0 Å². The molecular formula is C21H27FN4O2. The highest BCUT2D eigenvalue weighted by Crippen LogP contribution is 2.21. The number of halogens is 1. The molecule has 0 radical (unpaired) electrons. The molecule has 6 nitrogen and oxygen atoms in total. The van der Waals surface area contributed by atoms with E-state index in [-0.39, 0.29) is 24.1 Å². The van der Waals surface area contributed by atoms with Gasteiger partial charge in [0.2, 0.25) is 11.8 Å². The van der Waals surface area contributed by atoms with Crippen molar-refractivity contribution in [2.45, 2.75) is 32.1 Å². The second-order valence-corrected chi connectivity index (χ2v) is 7.44. The third-order valence-electron chi connectivity index (χ3n) is 5.58. The second kappa shape index (κ2) is 9.54. The molecule has 0 unspecified atom stereocenters. The number of nitriles is 1. The van der Waals surface area contributed by atoms with Crippen molar-refractivity contribution >= 4 is 17.5 Å². The zero-order chi connectivity index (χ0) is 19.9. The van der Waals surface area contributed by atoms with Gasteiger partial charge in [0.1, 0.15) is 11.7 Å². The van der Waals surface area contributed by atoms with E-state index in [1.54, 1.807) is 28.0 Å². The minimum Gasteiger partial charge on any atom is -0.366 e. The van der Waals surface area contributed by atoms with Crippen molar-refractivity contribution in [3.8, 4) is 6.07 Å². The summed E-state index contributed by atoms with van der Waals surface area (Å²) >= 11 is 0. The quantitative estimate of drug-likeness (QED) is 0.797. The lowest BCUT2D eigenvalue weighted by molar-refractivity contribution is -0.139. The van der Waals surface area contributed by atoms with Crippen LogP contribution < -0.4 is 4.90 Å². The molecule has 0 N–H and O–H groups in total. The van der Waals surface area contributed by atoms with Crippen LogP contribution >= 0.6 is 0 Å². The van der Waals surface area contributed by atoms with Gasteiger partial charge >= 0.3 is 0 Å². The Balaban J connectivity index is 1.55. The maximum absolute atomic E-state index is 14.0. The SMILES string of the molecule is N#C[C@H](CC(=O)N1CCCCCC1)C(=O)N1CCN(c2ccccc2F)CC1. The van der Waals surface area contributed by atoms with E-state index < -0.39 is 5.92 Å². The Kier molecular flexibility index (Phi) is 6.85. The number of hydrogen-bond donors (Lipinski definition) is 0. The summed E-state index contributed by atoms with van der Waals surface area (Å²) in [5.41, 5.74) is 0.530. The van der Waals surface area contributed by atoms with E-state index in [2.05, 4.69) is 0 Å². The van der Waals surface area contributed by atoms with E-state index in [1.165, 1.54) is 6.07 Å². The molecule has 0 saturated carbocycles. The van der Waals surface area contributed by atoms with Crippen LogP contribution in [-0.2, 0) is 9.59 Å². The minimum absolute atomic E-state index is 0.0527. The van der Waals surface area contributed by atoms with Gasteiger partial charge in [-0.25, -0.2) is 4.39 Å². The first-order valence-corrected chi connectivity index (χ1v) is 10.1. The van der Waals surface area contributed by atoms with E-state index in [1.807, 2.05) is 11.0 Å². The number of nitrogens with zero attached hydrogens (tertiary/aromatic N) is 4. The predicted octanol–water partition coefficient (Wildman–Crippen LogP) is 2.41. The Bertz CT molecular complexity index is 732. The van der Waals surface area contributed by atoms with E-state index >= 15 is 0 Å². The summed E-state index contributed by atoms with van der Waals surface area (Å²) in [6, 6.07) is 8.61. The molecule has 0 aliphatic carbocycles. The maximum Gasteiger partial charge on any atom is 0.240 e. The molecule has 0 bridgehead atoms. The van der Waals surface area contributed by atoms with Crippen molar-refractivity contribution in [2.24, 2.45) is 5.92 Å². The zero-order valence-corrected chi connectivity index (χ0v) is 16.1. The van der Waals surface area contributed by atoms with Gasteiger partial charge in [-0.15, -0.1) is 0 Å². The van der Waals surface area contributed by atoms with Crippen molar-refractivity contribution in [3.05, 3.63) is 30.1 Å². The largest absolute Gasteiger partial charge is 0.366 e. The summed E-state index contributed by atoms with van der Waals surface area (Å²) in [6.45, 7) is 3.28. The Morgan fingerprint density at radius 1 is 0.964 bits per heavy atom. The third kappa shape index (κ3) is 4.80. The molecule has 7 heteroatoms. The normalized spacial score (nSPS) is 18.9. The molecule has 1 aromatic carbocycles. The molecule has 2 aliphatic rings. The highest BCUT2D eigenvalue weighted by atomic mass is 19.1. The van der Waals surface area contributed by atoms with Gasteiger partial charge in [0, 0.05) is 39.3 Å². The van der Waals surface area contributed by atoms with Gasteiger partial charge in [-0.3, -0.25) is 9.59 Å². The molecule has 1 aromatic rings. The lowest BCUT2D eigenvalue weighted by Gasteiger charge is -2.37.